The third-order valence-corrected chi connectivity index (χ3v) is 4.32. The predicted octanol–water partition coefficient (Wildman–Crippen LogP) is 4.12. The number of unbranched alkanes of at least 4 members (excludes halogenated alkanes) is 1. The number of esters is 2. The lowest BCUT2D eigenvalue weighted by atomic mass is 9.82. The molecule has 0 aromatic rings. The molecule has 4 heteroatoms. The summed E-state index contributed by atoms with van der Waals surface area (Å²) in [5.74, 6) is -0.507. The van der Waals surface area contributed by atoms with Gasteiger partial charge in [0.2, 0.25) is 0 Å². The van der Waals surface area contributed by atoms with Crippen LogP contribution < -0.4 is 0 Å². The van der Waals surface area contributed by atoms with Gasteiger partial charge >= 0.3 is 11.9 Å². The quantitative estimate of drug-likeness (QED) is 0.327. The highest BCUT2D eigenvalue weighted by Gasteiger charge is 2.45. The second-order valence-electron chi connectivity index (χ2n) is 5.56. The van der Waals surface area contributed by atoms with Crippen molar-refractivity contribution in [2.45, 2.75) is 73.1 Å². The zero-order valence-electron chi connectivity index (χ0n) is 14.4. The molecule has 0 rings (SSSR count). The highest BCUT2D eigenvalue weighted by Crippen LogP contribution is 2.30. The summed E-state index contributed by atoms with van der Waals surface area (Å²) in [4.78, 5) is 24.7. The van der Waals surface area contributed by atoms with Gasteiger partial charge in [0.15, 0.2) is 5.41 Å². The molecule has 0 fully saturated rings. The van der Waals surface area contributed by atoms with Crippen molar-refractivity contribution in [3.8, 4) is 0 Å². The Morgan fingerprint density at radius 1 is 0.905 bits per heavy atom. The van der Waals surface area contributed by atoms with E-state index in [1.807, 2.05) is 20.8 Å². The molecule has 0 aromatic carbocycles. The largest absolute Gasteiger partial charge is 0.465 e. The van der Waals surface area contributed by atoms with Gasteiger partial charge in [-0.15, -0.1) is 0 Å². The lowest BCUT2D eigenvalue weighted by molar-refractivity contribution is -0.174. The Morgan fingerprint density at radius 2 is 1.43 bits per heavy atom. The summed E-state index contributed by atoms with van der Waals surface area (Å²) in [6.45, 7) is 10.6. The monoisotopic (exact) mass is 300 g/mol. The molecule has 0 N–H and O–H groups in total. The minimum atomic E-state index is -1.14. The van der Waals surface area contributed by atoms with Crippen molar-refractivity contribution in [1.82, 2.24) is 0 Å². The van der Waals surface area contributed by atoms with Crippen molar-refractivity contribution in [2.75, 3.05) is 13.2 Å². The van der Waals surface area contributed by atoms with Gasteiger partial charge in [0, 0.05) is 0 Å². The second-order valence-corrected chi connectivity index (χ2v) is 5.56. The Labute approximate surface area is 129 Å². The standard InChI is InChI=1S/C17H32O4/c1-6-11-12-20-15(18)17(9-4,10-5)16(19)21-13-14(7-2)8-3/h14H,6-13H2,1-5H3. The molecule has 0 spiro atoms. The Hall–Kier alpha value is -1.06. The summed E-state index contributed by atoms with van der Waals surface area (Å²) in [5.41, 5.74) is -1.14. The maximum Gasteiger partial charge on any atom is 0.323 e. The topological polar surface area (TPSA) is 52.6 Å². The molecular formula is C17H32O4. The van der Waals surface area contributed by atoms with E-state index in [0.29, 0.717) is 32.0 Å². The first-order valence-corrected chi connectivity index (χ1v) is 8.36. The third kappa shape index (κ3) is 5.68. The fraction of sp³-hybridized carbons (Fsp3) is 0.882. The molecule has 0 bridgehead atoms. The van der Waals surface area contributed by atoms with Crippen molar-refractivity contribution in [3.05, 3.63) is 0 Å². The third-order valence-electron chi connectivity index (χ3n) is 4.32. The maximum atomic E-state index is 12.4. The number of ether oxygens (including phenoxy) is 2. The molecule has 0 atom stereocenters. The van der Waals surface area contributed by atoms with E-state index in [1.165, 1.54) is 0 Å². The number of rotatable bonds is 11. The van der Waals surface area contributed by atoms with Crippen LogP contribution >= 0.6 is 0 Å². The summed E-state index contributed by atoms with van der Waals surface area (Å²) < 4.78 is 10.7. The molecule has 0 aliphatic carbocycles. The van der Waals surface area contributed by atoms with Crippen LogP contribution in [0.2, 0.25) is 0 Å². The Kier molecular flexibility index (Phi) is 10.1. The zero-order valence-corrected chi connectivity index (χ0v) is 14.4. The first-order chi connectivity index (χ1) is 10.0. The van der Waals surface area contributed by atoms with Gasteiger partial charge in [-0.05, 0) is 25.2 Å². The van der Waals surface area contributed by atoms with Gasteiger partial charge in [-0.1, -0.05) is 53.9 Å². The molecule has 4 nitrogen and oxygen atoms in total. The number of hydrogen-bond donors (Lipinski definition) is 0. The first kappa shape index (κ1) is 19.9. The van der Waals surface area contributed by atoms with Crippen LogP contribution in [0.25, 0.3) is 0 Å². The van der Waals surface area contributed by atoms with E-state index in [0.717, 1.165) is 25.7 Å². The molecule has 0 saturated heterocycles. The average Bonchev–Trinajstić information content (AvgIpc) is 2.50. The van der Waals surface area contributed by atoms with E-state index in [-0.39, 0.29) is 0 Å². The molecule has 0 amide bonds. The Balaban J connectivity index is 4.75. The van der Waals surface area contributed by atoms with E-state index in [2.05, 4.69) is 13.8 Å². The molecule has 21 heavy (non-hydrogen) atoms. The van der Waals surface area contributed by atoms with Gasteiger partial charge in [0.05, 0.1) is 13.2 Å². The first-order valence-electron chi connectivity index (χ1n) is 8.36. The lowest BCUT2D eigenvalue weighted by Gasteiger charge is -2.27. The van der Waals surface area contributed by atoms with Crippen LogP contribution in [0.5, 0.6) is 0 Å². The van der Waals surface area contributed by atoms with Gasteiger partial charge < -0.3 is 9.47 Å². The van der Waals surface area contributed by atoms with E-state index in [1.54, 1.807) is 0 Å². The second kappa shape index (κ2) is 10.6. The smallest absolute Gasteiger partial charge is 0.323 e. The van der Waals surface area contributed by atoms with Crippen molar-refractivity contribution < 1.29 is 19.1 Å². The molecule has 0 radical (unpaired) electrons. The maximum absolute atomic E-state index is 12.4. The summed E-state index contributed by atoms with van der Waals surface area (Å²) >= 11 is 0. The minimum absolute atomic E-state index is 0.358. The highest BCUT2D eigenvalue weighted by molar-refractivity contribution is 5.99. The predicted molar refractivity (Wildman–Crippen MR) is 83.9 cm³/mol. The van der Waals surface area contributed by atoms with Crippen LogP contribution in [-0.4, -0.2) is 25.2 Å². The Bertz CT molecular complexity index is 304. The summed E-state index contributed by atoms with van der Waals surface area (Å²) in [7, 11) is 0. The molecular weight excluding hydrogens is 268 g/mol. The van der Waals surface area contributed by atoms with E-state index < -0.39 is 17.4 Å². The lowest BCUT2D eigenvalue weighted by Crippen LogP contribution is -2.41. The molecule has 0 unspecified atom stereocenters. The zero-order chi connectivity index (χ0) is 16.3. The van der Waals surface area contributed by atoms with Gasteiger partial charge in [0.1, 0.15) is 0 Å². The summed E-state index contributed by atoms with van der Waals surface area (Å²) in [6.07, 6.45) is 4.54. The number of carbonyl (C=O) groups excluding carboxylic acids is 2. The summed E-state index contributed by atoms with van der Waals surface area (Å²) in [5, 5.41) is 0. The molecule has 0 aliphatic rings. The van der Waals surface area contributed by atoms with Crippen molar-refractivity contribution in [1.29, 1.82) is 0 Å². The average molecular weight is 300 g/mol. The SMILES string of the molecule is CCCCOC(=O)C(CC)(CC)C(=O)OCC(CC)CC. The van der Waals surface area contributed by atoms with Crippen molar-refractivity contribution in [2.24, 2.45) is 11.3 Å². The van der Waals surface area contributed by atoms with Crippen LogP contribution in [0.3, 0.4) is 0 Å². The van der Waals surface area contributed by atoms with Crippen LogP contribution in [-0.2, 0) is 19.1 Å². The van der Waals surface area contributed by atoms with Gasteiger partial charge in [-0.2, -0.15) is 0 Å². The van der Waals surface area contributed by atoms with Crippen LogP contribution in [0.15, 0.2) is 0 Å². The van der Waals surface area contributed by atoms with Crippen LogP contribution in [0.1, 0.15) is 73.1 Å². The van der Waals surface area contributed by atoms with Crippen LogP contribution in [0, 0.1) is 11.3 Å². The molecule has 0 aromatic heterocycles. The van der Waals surface area contributed by atoms with E-state index in [4.69, 9.17) is 9.47 Å². The molecule has 0 heterocycles. The van der Waals surface area contributed by atoms with Gasteiger partial charge in [-0.3, -0.25) is 9.59 Å². The summed E-state index contributed by atoms with van der Waals surface area (Å²) in [6, 6.07) is 0. The normalized spacial score (nSPS) is 11.5. The Morgan fingerprint density at radius 3 is 1.86 bits per heavy atom. The molecule has 124 valence electrons. The van der Waals surface area contributed by atoms with Gasteiger partial charge in [0.25, 0.3) is 0 Å². The molecule has 0 saturated carbocycles. The van der Waals surface area contributed by atoms with Gasteiger partial charge in [-0.25, -0.2) is 0 Å². The minimum Gasteiger partial charge on any atom is -0.465 e. The fourth-order valence-corrected chi connectivity index (χ4v) is 2.21. The van der Waals surface area contributed by atoms with E-state index >= 15 is 0 Å². The highest BCUT2D eigenvalue weighted by atomic mass is 16.6. The molecule has 0 aliphatic heterocycles. The van der Waals surface area contributed by atoms with Crippen molar-refractivity contribution >= 4 is 11.9 Å². The van der Waals surface area contributed by atoms with Crippen LogP contribution in [0.4, 0.5) is 0 Å². The fourth-order valence-electron chi connectivity index (χ4n) is 2.21. The van der Waals surface area contributed by atoms with E-state index in [9.17, 15) is 9.59 Å². The number of carbonyl (C=O) groups is 2. The van der Waals surface area contributed by atoms with Crippen molar-refractivity contribution in [3.63, 3.8) is 0 Å². The number of hydrogen-bond acceptors (Lipinski definition) is 4.